The highest BCUT2D eigenvalue weighted by Gasteiger charge is 2.35. The first-order chi connectivity index (χ1) is 14.4. The van der Waals surface area contributed by atoms with Crippen LogP contribution in [0.2, 0.25) is 0 Å². The second kappa shape index (κ2) is 9.02. The van der Waals surface area contributed by atoms with Gasteiger partial charge in [0, 0.05) is 50.5 Å². The number of alkyl halides is 1. The number of hydrogen-bond acceptors (Lipinski definition) is 4. The average Bonchev–Trinajstić information content (AvgIpc) is 3.20. The van der Waals surface area contributed by atoms with Crippen molar-refractivity contribution in [2.24, 2.45) is 5.92 Å². The van der Waals surface area contributed by atoms with E-state index in [0.717, 1.165) is 51.1 Å². The number of carbonyl (C=O) groups excluding carboxylic acids is 1. The maximum absolute atomic E-state index is 15.3. The van der Waals surface area contributed by atoms with E-state index >= 15 is 4.39 Å². The minimum atomic E-state index is -1.34. The largest absolute Gasteiger partial charge is 0.381 e. The quantitative estimate of drug-likeness (QED) is 0.782. The van der Waals surface area contributed by atoms with Gasteiger partial charge in [0.2, 0.25) is 0 Å². The Morgan fingerprint density at radius 2 is 2.03 bits per heavy atom. The Balaban J connectivity index is 1.32. The van der Waals surface area contributed by atoms with Crippen molar-refractivity contribution >= 4 is 16.8 Å². The Morgan fingerprint density at radius 3 is 2.73 bits per heavy atom. The molecular formula is C23H33FN4O2. The van der Waals surface area contributed by atoms with Crippen LogP contribution in [0.3, 0.4) is 0 Å². The fourth-order valence-corrected chi connectivity index (χ4v) is 4.45. The van der Waals surface area contributed by atoms with E-state index < -0.39 is 5.67 Å². The Kier molecular flexibility index (Phi) is 6.39. The molecule has 6 nitrogen and oxygen atoms in total. The molecule has 2 aromatic rings. The van der Waals surface area contributed by atoms with Crippen LogP contribution >= 0.6 is 0 Å². The van der Waals surface area contributed by atoms with Crippen molar-refractivity contribution in [3.05, 3.63) is 30.0 Å². The van der Waals surface area contributed by atoms with Gasteiger partial charge in [-0.05, 0) is 51.5 Å². The van der Waals surface area contributed by atoms with Crippen LogP contribution in [-0.2, 0) is 4.74 Å². The van der Waals surface area contributed by atoms with E-state index in [9.17, 15) is 4.79 Å². The van der Waals surface area contributed by atoms with Gasteiger partial charge in [-0.25, -0.2) is 4.39 Å². The van der Waals surface area contributed by atoms with Gasteiger partial charge in [-0.2, -0.15) is 5.10 Å². The van der Waals surface area contributed by atoms with E-state index in [4.69, 9.17) is 4.74 Å². The number of piperidine rings is 1. The van der Waals surface area contributed by atoms with Crippen molar-refractivity contribution in [3.63, 3.8) is 0 Å². The predicted molar refractivity (Wildman–Crippen MR) is 116 cm³/mol. The molecule has 1 amide bonds. The van der Waals surface area contributed by atoms with Crippen LogP contribution < -0.4 is 5.32 Å². The first-order valence-corrected chi connectivity index (χ1v) is 11.2. The second-order valence-corrected chi connectivity index (χ2v) is 9.14. The van der Waals surface area contributed by atoms with Gasteiger partial charge in [0.1, 0.15) is 11.2 Å². The number of rotatable bonds is 6. The van der Waals surface area contributed by atoms with Gasteiger partial charge >= 0.3 is 0 Å². The molecule has 1 aromatic carbocycles. The second-order valence-electron chi connectivity index (χ2n) is 9.14. The minimum Gasteiger partial charge on any atom is -0.381 e. The number of halogens is 1. The monoisotopic (exact) mass is 416 g/mol. The smallest absolute Gasteiger partial charge is 0.253 e. The van der Waals surface area contributed by atoms with Crippen molar-refractivity contribution in [2.75, 3.05) is 39.4 Å². The topological polar surface area (TPSA) is 59.4 Å². The first-order valence-electron chi connectivity index (χ1n) is 11.2. The number of aromatic nitrogens is 2. The van der Waals surface area contributed by atoms with Crippen molar-refractivity contribution in [1.82, 2.24) is 20.0 Å². The number of ether oxygens (including phenoxy) is 1. The Bertz CT molecular complexity index is 867. The van der Waals surface area contributed by atoms with E-state index in [2.05, 4.69) is 15.3 Å². The van der Waals surface area contributed by atoms with E-state index in [1.807, 2.05) is 36.9 Å². The van der Waals surface area contributed by atoms with Crippen molar-refractivity contribution < 1.29 is 13.9 Å². The zero-order chi connectivity index (χ0) is 21.1. The minimum absolute atomic E-state index is 0.0538. The molecular weight excluding hydrogens is 383 g/mol. The van der Waals surface area contributed by atoms with Crippen LogP contribution in [0, 0.1) is 5.92 Å². The number of hydrogen-bond donors (Lipinski definition) is 1. The molecule has 3 heterocycles. The number of carbonyl (C=O) groups is 1. The summed E-state index contributed by atoms with van der Waals surface area (Å²) < 4.78 is 22.6. The Labute approximate surface area is 177 Å². The molecule has 0 aliphatic carbocycles. The summed E-state index contributed by atoms with van der Waals surface area (Å²) >= 11 is 0. The molecule has 0 saturated carbocycles. The number of amides is 1. The molecule has 2 aliphatic heterocycles. The zero-order valence-corrected chi connectivity index (χ0v) is 18.1. The number of nitrogens with one attached hydrogen (secondary N) is 1. The molecule has 1 aromatic heterocycles. The van der Waals surface area contributed by atoms with Crippen molar-refractivity contribution in [3.8, 4) is 0 Å². The van der Waals surface area contributed by atoms with Crippen molar-refractivity contribution in [1.29, 1.82) is 0 Å². The van der Waals surface area contributed by atoms with Gasteiger partial charge in [-0.3, -0.25) is 9.48 Å². The maximum Gasteiger partial charge on any atom is 0.253 e. The molecule has 0 bridgehead atoms. The molecule has 30 heavy (non-hydrogen) atoms. The lowest BCUT2D eigenvalue weighted by Crippen LogP contribution is -2.49. The Hall–Kier alpha value is -1.99. The molecule has 164 valence electrons. The molecule has 2 saturated heterocycles. The van der Waals surface area contributed by atoms with Crippen LogP contribution in [-0.4, -0.2) is 65.6 Å². The normalized spacial score (nSPS) is 20.7. The summed E-state index contributed by atoms with van der Waals surface area (Å²) in [6.45, 7) is 8.38. The zero-order valence-electron chi connectivity index (χ0n) is 18.1. The molecule has 0 radical (unpaired) electrons. The van der Waals surface area contributed by atoms with Crippen LogP contribution in [0.5, 0.6) is 0 Å². The van der Waals surface area contributed by atoms with Gasteiger partial charge in [-0.1, -0.05) is 12.1 Å². The lowest BCUT2D eigenvalue weighted by molar-refractivity contribution is 0.0242. The standard InChI is InChI=1S/C23H33FN4O2/c1-17(2)28-15-19-4-3-5-20(21(19)26-28)22(29)25-16-23(24)8-10-27(11-9-23)14-18-6-12-30-13-7-18/h3-5,15,17-18H,6-14,16H2,1-2H3,(H,25,29). The van der Waals surface area contributed by atoms with Crippen LogP contribution in [0.25, 0.3) is 10.9 Å². The molecule has 0 unspecified atom stereocenters. The molecule has 0 atom stereocenters. The van der Waals surface area contributed by atoms with Crippen LogP contribution in [0.15, 0.2) is 24.4 Å². The van der Waals surface area contributed by atoms with Crippen LogP contribution in [0.1, 0.15) is 55.9 Å². The van der Waals surface area contributed by atoms with Crippen LogP contribution in [0.4, 0.5) is 4.39 Å². The first kappa shape index (κ1) is 21.2. The summed E-state index contributed by atoms with van der Waals surface area (Å²) in [7, 11) is 0. The fraction of sp³-hybridized carbons (Fsp3) is 0.652. The summed E-state index contributed by atoms with van der Waals surface area (Å²) in [5.41, 5.74) is -0.164. The lowest BCUT2D eigenvalue weighted by Gasteiger charge is -2.38. The highest BCUT2D eigenvalue weighted by atomic mass is 19.1. The van der Waals surface area contributed by atoms with E-state index in [1.54, 1.807) is 6.07 Å². The van der Waals surface area contributed by atoms with Gasteiger partial charge in [-0.15, -0.1) is 0 Å². The highest BCUT2D eigenvalue weighted by molar-refractivity contribution is 6.05. The van der Waals surface area contributed by atoms with Gasteiger partial charge in [0.05, 0.1) is 12.1 Å². The summed E-state index contributed by atoms with van der Waals surface area (Å²) in [5, 5.41) is 8.32. The van der Waals surface area contributed by atoms with Crippen molar-refractivity contribution in [2.45, 2.75) is 51.2 Å². The fourth-order valence-electron chi connectivity index (χ4n) is 4.45. The third-order valence-electron chi connectivity index (χ3n) is 6.50. The predicted octanol–water partition coefficient (Wildman–Crippen LogP) is 3.58. The Morgan fingerprint density at radius 1 is 1.30 bits per heavy atom. The van der Waals surface area contributed by atoms with E-state index in [-0.39, 0.29) is 18.5 Å². The summed E-state index contributed by atoms with van der Waals surface area (Å²) in [6.07, 6.45) is 5.07. The number of nitrogens with zero attached hydrogens (tertiary/aromatic N) is 3. The van der Waals surface area contributed by atoms with Gasteiger partial charge < -0.3 is 15.0 Å². The number of benzene rings is 1. The number of likely N-dealkylation sites (tertiary alicyclic amines) is 1. The molecule has 4 rings (SSSR count). The van der Waals surface area contributed by atoms with Gasteiger partial charge in [0.25, 0.3) is 5.91 Å². The molecule has 7 heteroatoms. The number of fused-ring (bicyclic) bond motifs is 1. The highest BCUT2D eigenvalue weighted by Crippen LogP contribution is 2.28. The maximum atomic E-state index is 15.3. The van der Waals surface area contributed by atoms with Gasteiger partial charge in [0.15, 0.2) is 0 Å². The summed E-state index contributed by atoms with van der Waals surface area (Å²) in [5.74, 6) is 0.410. The SMILES string of the molecule is CC(C)n1cc2cccc(C(=O)NCC3(F)CCN(CC4CCOCC4)CC3)c2n1. The average molecular weight is 417 g/mol. The lowest BCUT2D eigenvalue weighted by atomic mass is 9.91. The summed E-state index contributed by atoms with van der Waals surface area (Å²) in [6, 6.07) is 5.78. The van der Waals surface area contributed by atoms with E-state index in [1.165, 1.54) is 0 Å². The summed E-state index contributed by atoms with van der Waals surface area (Å²) in [4.78, 5) is 15.2. The molecule has 2 aliphatic rings. The molecule has 0 spiro atoms. The third-order valence-corrected chi connectivity index (χ3v) is 6.50. The third kappa shape index (κ3) is 4.83. The van der Waals surface area contributed by atoms with E-state index in [0.29, 0.717) is 29.8 Å². The molecule has 1 N–H and O–H groups in total. The molecule has 2 fully saturated rings.